The van der Waals surface area contributed by atoms with E-state index in [1.54, 1.807) is 0 Å². The number of allylic oxidation sites excluding steroid dienone is 2. The molecule has 2 aliphatic heterocycles. The van der Waals surface area contributed by atoms with E-state index in [9.17, 15) is 42.3 Å². The number of imide groups is 4. The molecule has 0 spiro atoms. The van der Waals surface area contributed by atoms with Crippen molar-refractivity contribution in [2.75, 3.05) is 19.1 Å². The Labute approximate surface area is 279 Å². The highest BCUT2D eigenvalue weighted by Gasteiger charge is 2.77. The first-order valence-corrected chi connectivity index (χ1v) is 15.0. The molecule has 0 unspecified atom stereocenters. The minimum atomic E-state index is -2.78. The molecule has 6 rings (SSSR count). The van der Waals surface area contributed by atoms with Gasteiger partial charge >= 0.3 is 6.09 Å². The number of fused-ring (bicyclic) bond motifs is 4. The number of rotatable bonds is 3. The van der Waals surface area contributed by atoms with Gasteiger partial charge in [0.1, 0.15) is 5.69 Å². The summed E-state index contributed by atoms with van der Waals surface area (Å²) in [7, 11) is 2.12. The van der Waals surface area contributed by atoms with E-state index >= 15 is 8.78 Å². The fraction of sp³-hybridized carbons (Fsp3) is 0.345. The van der Waals surface area contributed by atoms with Crippen molar-refractivity contribution in [2.24, 2.45) is 17.8 Å². The second kappa shape index (κ2) is 10.9. The van der Waals surface area contributed by atoms with E-state index in [1.807, 2.05) is 0 Å². The van der Waals surface area contributed by atoms with Gasteiger partial charge in [0.15, 0.2) is 44.5 Å². The third kappa shape index (κ3) is 4.09. The van der Waals surface area contributed by atoms with Crippen molar-refractivity contribution >= 4 is 74.5 Å². The third-order valence-corrected chi connectivity index (χ3v) is 11.2. The molecule has 47 heavy (non-hydrogen) atoms. The van der Waals surface area contributed by atoms with Crippen LogP contribution < -0.4 is 9.64 Å². The normalized spacial score (nSPS) is 29.9. The first-order valence-electron chi connectivity index (χ1n) is 13.5. The first kappa shape index (κ1) is 33.2. The van der Waals surface area contributed by atoms with Crippen molar-refractivity contribution < 1.29 is 60.5 Å². The maximum absolute atomic E-state index is 15.1. The lowest BCUT2D eigenvalue weighted by molar-refractivity contribution is -0.138. The van der Waals surface area contributed by atoms with Gasteiger partial charge in [0.25, 0.3) is 11.8 Å². The van der Waals surface area contributed by atoms with Crippen LogP contribution in [-0.4, -0.2) is 63.7 Å². The number of phenols is 1. The van der Waals surface area contributed by atoms with Gasteiger partial charge in [-0.15, -0.1) is 23.2 Å². The Morgan fingerprint density at radius 2 is 1.53 bits per heavy atom. The number of anilines is 1. The van der Waals surface area contributed by atoms with Crippen LogP contribution in [0.4, 0.5) is 32.4 Å². The van der Waals surface area contributed by atoms with Crippen LogP contribution in [0.25, 0.3) is 0 Å². The van der Waals surface area contributed by atoms with Crippen molar-refractivity contribution in [1.29, 1.82) is 0 Å². The molecule has 2 aromatic rings. The summed E-state index contributed by atoms with van der Waals surface area (Å²) in [5.74, 6) is -23.8. The highest BCUT2D eigenvalue weighted by Crippen LogP contribution is 2.66. The molecule has 10 nitrogen and oxygen atoms in total. The van der Waals surface area contributed by atoms with Crippen molar-refractivity contribution in [3.63, 3.8) is 0 Å². The van der Waals surface area contributed by atoms with E-state index in [4.69, 9.17) is 27.9 Å². The van der Waals surface area contributed by atoms with Gasteiger partial charge in [-0.3, -0.25) is 19.2 Å². The zero-order chi connectivity index (χ0) is 34.7. The molecule has 2 heterocycles. The van der Waals surface area contributed by atoms with E-state index in [0.717, 1.165) is 7.11 Å². The van der Waals surface area contributed by atoms with E-state index in [1.165, 1.54) is 25.3 Å². The van der Waals surface area contributed by atoms with Crippen LogP contribution in [0, 0.1) is 46.8 Å². The number of ether oxygens (including phenoxy) is 2. The van der Waals surface area contributed by atoms with Crippen LogP contribution in [0.3, 0.4) is 0 Å². The zero-order valence-corrected chi connectivity index (χ0v) is 26.8. The molecule has 2 saturated heterocycles. The van der Waals surface area contributed by atoms with Gasteiger partial charge in [0.05, 0.1) is 30.5 Å². The summed E-state index contributed by atoms with van der Waals surface area (Å²) in [5, 5.41) is 10.5. The molecule has 2 aliphatic carbocycles. The zero-order valence-electron chi connectivity index (χ0n) is 23.7. The largest absolute Gasteiger partial charge is 0.503 e. The second-order valence-electron chi connectivity index (χ2n) is 11.2. The van der Waals surface area contributed by atoms with Gasteiger partial charge < -0.3 is 14.6 Å². The number of carbonyl (C=O) groups is 5. The van der Waals surface area contributed by atoms with E-state index < -0.39 is 110 Å². The van der Waals surface area contributed by atoms with Crippen molar-refractivity contribution in [2.45, 2.75) is 28.5 Å². The Morgan fingerprint density at radius 1 is 0.936 bits per heavy atom. The summed E-state index contributed by atoms with van der Waals surface area (Å²) < 4.78 is 82.6. The molecular formula is C29H18BrCl2F5N2O8. The number of alkyl halides is 2. The molecule has 6 atom stereocenters. The monoisotopic (exact) mass is 766 g/mol. The number of halogens is 8. The predicted octanol–water partition coefficient (Wildman–Crippen LogP) is 5.19. The SMILES string of the molecule is COC(=O)N1C(=O)[C@H]2[C@H](CC=C3[C@H]2C[C@@]2(Cl)C(=O)N(c4c(F)c(F)c(F)c(F)c4F)C(=O)[C@@]2(Cl)[C@H]3c2cc(Br)c(O)c(OC)c2)C1=O. The third-order valence-electron chi connectivity index (χ3n) is 9.18. The number of hydrogen-bond donors (Lipinski definition) is 1. The molecule has 248 valence electrons. The molecule has 0 radical (unpaired) electrons. The molecule has 1 N–H and O–H groups in total. The van der Waals surface area contributed by atoms with Crippen LogP contribution in [0.1, 0.15) is 24.3 Å². The van der Waals surface area contributed by atoms with Crippen molar-refractivity contribution in [3.8, 4) is 11.5 Å². The maximum Gasteiger partial charge on any atom is 0.423 e. The number of methoxy groups -OCH3 is 2. The number of phenolic OH excluding ortho intramolecular Hbond substituents is 1. The number of amides is 5. The average Bonchev–Trinajstić information content (AvgIpc) is 3.38. The number of likely N-dealkylation sites (tertiary alicyclic amines) is 1. The van der Waals surface area contributed by atoms with Crippen LogP contribution >= 0.6 is 39.1 Å². The Hall–Kier alpha value is -3.76. The Bertz CT molecular complexity index is 1870. The summed E-state index contributed by atoms with van der Waals surface area (Å²) in [6.07, 6.45) is -0.794. The van der Waals surface area contributed by atoms with Gasteiger partial charge in [0, 0.05) is 5.92 Å². The lowest BCUT2D eigenvalue weighted by Gasteiger charge is -2.50. The van der Waals surface area contributed by atoms with Gasteiger partial charge in [0.2, 0.25) is 17.6 Å². The van der Waals surface area contributed by atoms with E-state index in [-0.39, 0.29) is 37.6 Å². The molecule has 0 aromatic heterocycles. The van der Waals surface area contributed by atoms with E-state index in [2.05, 4.69) is 20.7 Å². The summed E-state index contributed by atoms with van der Waals surface area (Å²) in [5.41, 5.74) is -1.80. The maximum atomic E-state index is 15.1. The number of hydrogen-bond acceptors (Lipinski definition) is 8. The average molecular weight is 768 g/mol. The van der Waals surface area contributed by atoms with Gasteiger partial charge in [-0.2, -0.15) is 4.90 Å². The molecular weight excluding hydrogens is 750 g/mol. The van der Waals surface area contributed by atoms with Gasteiger partial charge in [-0.25, -0.2) is 31.6 Å². The van der Waals surface area contributed by atoms with Crippen LogP contribution in [0.5, 0.6) is 11.5 Å². The Morgan fingerprint density at radius 3 is 2.11 bits per heavy atom. The quantitative estimate of drug-likeness (QED) is 0.113. The number of benzene rings is 2. The minimum absolute atomic E-state index is 0.0112. The summed E-state index contributed by atoms with van der Waals surface area (Å²) in [6, 6.07) is 2.45. The smallest absolute Gasteiger partial charge is 0.423 e. The molecule has 2 aromatic carbocycles. The minimum Gasteiger partial charge on any atom is -0.503 e. The molecule has 1 saturated carbocycles. The number of nitrogens with zero attached hydrogens (tertiary/aromatic N) is 2. The molecule has 3 fully saturated rings. The van der Waals surface area contributed by atoms with Gasteiger partial charge in [-0.05, 0) is 52.4 Å². The molecule has 18 heteroatoms. The highest BCUT2D eigenvalue weighted by atomic mass is 79.9. The fourth-order valence-corrected chi connectivity index (χ4v) is 8.52. The van der Waals surface area contributed by atoms with Gasteiger partial charge in [-0.1, -0.05) is 11.6 Å². The lowest BCUT2D eigenvalue weighted by Crippen LogP contribution is -2.60. The second-order valence-corrected chi connectivity index (χ2v) is 13.3. The summed E-state index contributed by atoms with van der Waals surface area (Å²) in [6.45, 7) is 0. The van der Waals surface area contributed by atoms with Crippen molar-refractivity contribution in [1.82, 2.24) is 4.90 Å². The fourth-order valence-electron chi connectivity index (χ4n) is 7.13. The van der Waals surface area contributed by atoms with Crippen LogP contribution in [0.2, 0.25) is 0 Å². The van der Waals surface area contributed by atoms with Crippen LogP contribution in [0.15, 0.2) is 28.3 Å². The predicted molar refractivity (Wildman–Crippen MR) is 153 cm³/mol. The van der Waals surface area contributed by atoms with Crippen molar-refractivity contribution in [3.05, 3.63) is 62.9 Å². The molecule has 4 aliphatic rings. The Balaban J connectivity index is 1.62. The van der Waals surface area contributed by atoms with Crippen LogP contribution in [-0.2, 0) is 23.9 Å². The molecule has 5 amide bonds. The topological polar surface area (TPSA) is 131 Å². The summed E-state index contributed by atoms with van der Waals surface area (Å²) >= 11 is 17.2. The standard InChI is InChI=1S/C29H18BrCl2F5N2O8/c1-46-13-6-8(5-12(30)22(13)40)15-9-3-4-10-14(24(42)39(23(10)41)27(45)47-2)11(9)7-28(31)25(43)38(26(44)29(15,28)32)21-19(36)17(34)16(33)18(35)20(21)37/h3,5-6,10-11,14-15,40H,4,7H2,1-2H3/t10-,11+,14-,15-,28+,29-/m0/s1. The lowest BCUT2D eigenvalue weighted by atomic mass is 9.56. The Kier molecular flexibility index (Phi) is 7.68. The summed E-state index contributed by atoms with van der Waals surface area (Å²) in [4.78, 5) is 62.0. The number of aromatic hydroxyl groups is 1. The number of carbonyl (C=O) groups excluding carboxylic acids is 5. The first-order chi connectivity index (χ1) is 22.0. The van der Waals surface area contributed by atoms with E-state index in [0.29, 0.717) is 0 Å². The highest BCUT2D eigenvalue weighted by molar-refractivity contribution is 9.10. The molecule has 0 bridgehead atoms.